The Morgan fingerprint density at radius 2 is 1.68 bits per heavy atom. The molecule has 3 aromatic rings. The van der Waals surface area contributed by atoms with Gasteiger partial charge >= 0.3 is 0 Å². The van der Waals surface area contributed by atoms with Crippen LogP contribution in [0.5, 0.6) is 0 Å². The number of piperazine rings is 2. The maximum Gasteiger partial charge on any atom is 0.184 e. The van der Waals surface area contributed by atoms with Crippen molar-refractivity contribution >= 4 is 28.5 Å². The second-order valence-corrected chi connectivity index (χ2v) is 8.73. The van der Waals surface area contributed by atoms with Crippen LogP contribution in [0.2, 0.25) is 5.02 Å². The average Bonchev–Trinajstić information content (AvgIpc) is 3.20. The largest absolute Gasteiger partial charge is 0.352 e. The molecule has 4 heterocycles. The van der Waals surface area contributed by atoms with Gasteiger partial charge in [0, 0.05) is 64.5 Å². The smallest absolute Gasteiger partial charge is 0.184 e. The molecule has 0 amide bonds. The van der Waals surface area contributed by atoms with Crippen LogP contribution >= 0.6 is 11.6 Å². The predicted molar refractivity (Wildman–Crippen MR) is 125 cm³/mol. The Hall–Kier alpha value is -2.26. The number of anilines is 1. The Morgan fingerprint density at radius 1 is 0.935 bits per heavy atom. The third kappa shape index (κ3) is 4.25. The van der Waals surface area contributed by atoms with Crippen molar-refractivity contribution in [3.8, 4) is 11.3 Å². The summed E-state index contributed by atoms with van der Waals surface area (Å²) in [5.74, 6) is 0.923. The zero-order valence-electron chi connectivity index (χ0n) is 18.0. The summed E-state index contributed by atoms with van der Waals surface area (Å²) in [6, 6.07) is 10.0. The van der Waals surface area contributed by atoms with Crippen LogP contribution < -0.4 is 10.2 Å². The van der Waals surface area contributed by atoms with E-state index in [0.29, 0.717) is 10.7 Å². The molecule has 8 nitrogen and oxygen atoms in total. The first kappa shape index (κ1) is 20.6. The Labute approximate surface area is 187 Å². The van der Waals surface area contributed by atoms with Gasteiger partial charge in [0.1, 0.15) is 5.69 Å². The fourth-order valence-corrected chi connectivity index (χ4v) is 4.66. The Bertz CT molecular complexity index is 1020. The molecule has 0 spiro atoms. The Balaban J connectivity index is 1.51. The molecule has 0 saturated carbocycles. The number of fused-ring (bicyclic) bond motifs is 1. The molecule has 1 N–H and O–H groups in total. The molecule has 9 heteroatoms. The van der Waals surface area contributed by atoms with Gasteiger partial charge in [-0.2, -0.15) is 5.10 Å². The van der Waals surface area contributed by atoms with E-state index in [-0.39, 0.29) is 0 Å². The van der Waals surface area contributed by atoms with Crippen molar-refractivity contribution in [3.63, 3.8) is 0 Å². The summed E-state index contributed by atoms with van der Waals surface area (Å²) in [6.07, 6.45) is 0. The Kier molecular flexibility index (Phi) is 6.04. The molecular formula is C22H29ClN8. The first-order chi connectivity index (χ1) is 15.2. The molecule has 5 rings (SSSR count). The van der Waals surface area contributed by atoms with Crippen molar-refractivity contribution in [3.05, 3.63) is 35.4 Å². The van der Waals surface area contributed by atoms with Gasteiger partial charge in [-0.15, -0.1) is 10.2 Å². The maximum atomic E-state index is 6.96. The predicted octanol–water partition coefficient (Wildman–Crippen LogP) is 1.80. The highest BCUT2D eigenvalue weighted by atomic mass is 35.5. The van der Waals surface area contributed by atoms with Crippen molar-refractivity contribution in [2.24, 2.45) is 0 Å². The molecule has 0 bridgehead atoms. The van der Waals surface area contributed by atoms with Crippen LogP contribution in [0.1, 0.15) is 0 Å². The molecule has 2 fully saturated rings. The summed E-state index contributed by atoms with van der Waals surface area (Å²) in [4.78, 5) is 7.18. The van der Waals surface area contributed by atoms with Crippen LogP contribution in [-0.2, 0) is 6.54 Å². The number of hydrogen-bond donors (Lipinski definition) is 1. The molecule has 2 aliphatic heterocycles. The molecule has 0 atom stereocenters. The number of rotatable bonds is 5. The molecule has 0 unspecified atom stereocenters. The summed E-state index contributed by atoms with van der Waals surface area (Å²) in [6.45, 7) is 9.82. The quantitative estimate of drug-likeness (QED) is 0.649. The monoisotopic (exact) mass is 440 g/mol. The second-order valence-electron chi connectivity index (χ2n) is 8.36. The highest BCUT2D eigenvalue weighted by Gasteiger charge is 2.25. The van der Waals surface area contributed by atoms with Gasteiger partial charge < -0.3 is 15.1 Å². The standard InChI is InChI=1S/C22H29ClN8/c1-28-11-13-29(14-12-28)15-16-31-21-18(22(27-31)30-9-7-24-8-10-30)19(23)20(25-26-21)17-5-3-2-4-6-17/h2-6,24H,7-16H2,1H3. The van der Waals surface area contributed by atoms with E-state index in [2.05, 4.69) is 37.3 Å². The summed E-state index contributed by atoms with van der Waals surface area (Å²) >= 11 is 6.96. The van der Waals surface area contributed by atoms with Crippen LogP contribution in [-0.4, -0.2) is 95.7 Å². The first-order valence-corrected chi connectivity index (χ1v) is 11.4. The fraction of sp³-hybridized carbons (Fsp3) is 0.500. The van der Waals surface area contributed by atoms with Gasteiger partial charge in [-0.1, -0.05) is 41.9 Å². The fourth-order valence-electron chi connectivity index (χ4n) is 4.34. The van der Waals surface area contributed by atoms with Gasteiger partial charge in [0.25, 0.3) is 0 Å². The minimum absolute atomic E-state index is 0.635. The van der Waals surface area contributed by atoms with E-state index in [1.807, 2.05) is 35.0 Å². The van der Waals surface area contributed by atoms with Crippen LogP contribution in [0.3, 0.4) is 0 Å². The number of aromatic nitrogens is 4. The lowest BCUT2D eigenvalue weighted by atomic mass is 10.1. The Morgan fingerprint density at radius 3 is 2.42 bits per heavy atom. The lowest BCUT2D eigenvalue weighted by Gasteiger charge is -2.32. The average molecular weight is 441 g/mol. The molecule has 2 aliphatic rings. The summed E-state index contributed by atoms with van der Waals surface area (Å²) in [5.41, 5.74) is 2.45. The topological polar surface area (TPSA) is 65.3 Å². The minimum atomic E-state index is 0.635. The third-order valence-corrected chi connectivity index (χ3v) is 6.63. The molecule has 31 heavy (non-hydrogen) atoms. The lowest BCUT2D eigenvalue weighted by molar-refractivity contribution is 0.149. The highest BCUT2D eigenvalue weighted by molar-refractivity contribution is 6.38. The molecular weight excluding hydrogens is 412 g/mol. The van der Waals surface area contributed by atoms with Crippen molar-refractivity contribution in [1.82, 2.24) is 35.1 Å². The SMILES string of the molecule is CN1CCN(CCn2nc(N3CCNCC3)c3c(Cl)c(-c4ccccc4)nnc32)CC1. The maximum absolute atomic E-state index is 6.96. The van der Waals surface area contributed by atoms with Crippen LogP contribution in [0.25, 0.3) is 22.3 Å². The number of benzene rings is 1. The van der Waals surface area contributed by atoms with Crippen LogP contribution in [0, 0.1) is 0 Å². The summed E-state index contributed by atoms with van der Waals surface area (Å²) < 4.78 is 2.00. The van der Waals surface area contributed by atoms with Gasteiger partial charge in [-0.3, -0.25) is 4.90 Å². The van der Waals surface area contributed by atoms with E-state index in [9.17, 15) is 0 Å². The molecule has 0 radical (unpaired) electrons. The van der Waals surface area contributed by atoms with Gasteiger partial charge in [0.15, 0.2) is 11.5 Å². The van der Waals surface area contributed by atoms with Gasteiger partial charge in [-0.05, 0) is 7.05 Å². The number of likely N-dealkylation sites (N-methyl/N-ethyl adjacent to an activating group) is 1. The number of hydrogen-bond acceptors (Lipinski definition) is 7. The van der Waals surface area contributed by atoms with E-state index in [1.165, 1.54) is 0 Å². The van der Waals surface area contributed by atoms with Crippen molar-refractivity contribution in [1.29, 1.82) is 0 Å². The first-order valence-electron chi connectivity index (χ1n) is 11.1. The zero-order chi connectivity index (χ0) is 21.2. The highest BCUT2D eigenvalue weighted by Crippen LogP contribution is 2.36. The molecule has 0 aliphatic carbocycles. The summed E-state index contributed by atoms with van der Waals surface area (Å²) in [5, 5.41) is 19.1. The van der Waals surface area contributed by atoms with E-state index in [1.54, 1.807) is 0 Å². The van der Waals surface area contributed by atoms with Gasteiger partial charge in [0.2, 0.25) is 0 Å². The van der Waals surface area contributed by atoms with E-state index in [0.717, 1.165) is 87.9 Å². The summed E-state index contributed by atoms with van der Waals surface area (Å²) in [7, 11) is 2.18. The lowest BCUT2D eigenvalue weighted by Crippen LogP contribution is -2.45. The van der Waals surface area contributed by atoms with Crippen molar-refractivity contribution in [2.75, 3.05) is 70.9 Å². The van der Waals surface area contributed by atoms with Crippen molar-refractivity contribution < 1.29 is 0 Å². The van der Waals surface area contributed by atoms with Gasteiger partial charge in [-0.25, -0.2) is 4.68 Å². The van der Waals surface area contributed by atoms with E-state index in [4.69, 9.17) is 16.7 Å². The van der Waals surface area contributed by atoms with Crippen LogP contribution in [0.15, 0.2) is 30.3 Å². The van der Waals surface area contributed by atoms with Crippen molar-refractivity contribution in [2.45, 2.75) is 6.54 Å². The number of nitrogens with one attached hydrogen (secondary N) is 1. The number of nitrogens with zero attached hydrogens (tertiary/aromatic N) is 7. The molecule has 1 aromatic carbocycles. The minimum Gasteiger partial charge on any atom is -0.352 e. The normalized spacial score (nSPS) is 18.7. The van der Waals surface area contributed by atoms with Crippen LogP contribution in [0.4, 0.5) is 5.82 Å². The molecule has 2 saturated heterocycles. The van der Waals surface area contributed by atoms with Gasteiger partial charge in [0.05, 0.1) is 17.0 Å². The zero-order valence-corrected chi connectivity index (χ0v) is 18.7. The second kappa shape index (κ2) is 9.08. The number of halogens is 1. The van der Waals surface area contributed by atoms with E-state index < -0.39 is 0 Å². The molecule has 164 valence electrons. The van der Waals surface area contributed by atoms with E-state index >= 15 is 0 Å². The third-order valence-electron chi connectivity index (χ3n) is 6.27. The molecule has 2 aromatic heterocycles.